The maximum Gasteiger partial charge on any atom is 0.406 e. The Hall–Kier alpha value is -2.72. The lowest BCUT2D eigenvalue weighted by Crippen LogP contribution is -2.35. The number of likely N-dealkylation sites (tertiary alicyclic amines) is 1. The summed E-state index contributed by atoms with van der Waals surface area (Å²) in [6.07, 6.45) is -6.18. The molecule has 6 nitrogen and oxygen atoms in total. The lowest BCUT2D eigenvalue weighted by atomic mass is 10.1. The highest BCUT2D eigenvalue weighted by Gasteiger charge is 2.41. The summed E-state index contributed by atoms with van der Waals surface area (Å²) in [7, 11) is 0. The van der Waals surface area contributed by atoms with Crippen molar-refractivity contribution >= 4 is 22.9 Å². The highest BCUT2D eigenvalue weighted by Crippen LogP contribution is 2.30. The van der Waals surface area contributed by atoms with Crippen LogP contribution in [0.5, 0.6) is 0 Å². The van der Waals surface area contributed by atoms with Crippen molar-refractivity contribution in [3.63, 3.8) is 0 Å². The third-order valence-electron chi connectivity index (χ3n) is 4.39. The fourth-order valence-corrected chi connectivity index (χ4v) is 3.18. The number of benzene rings is 1. The van der Waals surface area contributed by atoms with E-state index >= 15 is 0 Å². The van der Waals surface area contributed by atoms with E-state index in [9.17, 15) is 31.5 Å². The SMILES string of the molecule is CC(OC(=O)C1CC(=O)N(CC(F)(F)F)C1)c1nc2ccccc2n1C(F)F. The Morgan fingerprint density at radius 1 is 1.32 bits per heavy atom. The van der Waals surface area contributed by atoms with E-state index in [1.807, 2.05) is 0 Å². The minimum Gasteiger partial charge on any atom is -0.454 e. The number of imidazole rings is 1. The number of hydrogen-bond acceptors (Lipinski definition) is 4. The molecular formula is C17H16F5N3O3. The smallest absolute Gasteiger partial charge is 0.406 e. The molecule has 1 aliphatic heterocycles. The standard InChI is InChI=1S/C17H16F5N3O3/c1-9(14-23-11-4-2-3-5-12(11)25(14)16(18)19)28-15(27)10-6-13(26)24(7-10)8-17(20,21)22/h2-5,9-10,16H,6-8H2,1H3. The van der Waals surface area contributed by atoms with E-state index in [2.05, 4.69) is 4.98 Å². The normalized spacial score (nSPS) is 18.9. The van der Waals surface area contributed by atoms with Crippen LogP contribution in [-0.4, -0.2) is 45.6 Å². The van der Waals surface area contributed by atoms with E-state index < -0.39 is 56.1 Å². The molecule has 1 fully saturated rings. The zero-order chi connectivity index (χ0) is 20.6. The van der Waals surface area contributed by atoms with E-state index in [-0.39, 0.29) is 16.9 Å². The number of halogens is 5. The minimum absolute atomic E-state index is 0.155. The van der Waals surface area contributed by atoms with Gasteiger partial charge >= 0.3 is 18.7 Å². The number of aromatic nitrogens is 2. The van der Waals surface area contributed by atoms with Gasteiger partial charge in [0.2, 0.25) is 5.91 Å². The second kappa shape index (κ2) is 7.36. The van der Waals surface area contributed by atoms with E-state index in [0.717, 1.165) is 0 Å². The third-order valence-corrected chi connectivity index (χ3v) is 4.39. The predicted octanol–water partition coefficient (Wildman–Crippen LogP) is 3.45. The van der Waals surface area contributed by atoms with Crippen molar-refractivity contribution in [2.75, 3.05) is 13.1 Å². The summed E-state index contributed by atoms with van der Waals surface area (Å²) in [6.45, 7) is -3.48. The zero-order valence-electron chi connectivity index (χ0n) is 14.6. The average molecular weight is 405 g/mol. The number of carbonyl (C=O) groups excluding carboxylic acids is 2. The number of esters is 1. The highest BCUT2D eigenvalue weighted by molar-refractivity contribution is 5.87. The molecule has 0 radical (unpaired) electrons. The first-order valence-corrected chi connectivity index (χ1v) is 8.37. The third kappa shape index (κ3) is 4.07. The number of rotatable bonds is 5. The van der Waals surface area contributed by atoms with Gasteiger partial charge in [-0.05, 0) is 19.1 Å². The largest absolute Gasteiger partial charge is 0.454 e. The Morgan fingerprint density at radius 2 is 2.00 bits per heavy atom. The Balaban J connectivity index is 1.74. The van der Waals surface area contributed by atoms with Crippen molar-refractivity contribution in [2.45, 2.75) is 32.2 Å². The van der Waals surface area contributed by atoms with Crippen molar-refractivity contribution in [1.29, 1.82) is 0 Å². The fourth-order valence-electron chi connectivity index (χ4n) is 3.18. The molecule has 1 saturated heterocycles. The molecule has 3 rings (SSSR count). The number of amides is 1. The van der Waals surface area contributed by atoms with Gasteiger partial charge < -0.3 is 9.64 Å². The summed E-state index contributed by atoms with van der Waals surface area (Å²) in [5.74, 6) is -3.03. The van der Waals surface area contributed by atoms with E-state index in [1.165, 1.54) is 19.1 Å². The van der Waals surface area contributed by atoms with Crippen molar-refractivity contribution in [2.24, 2.45) is 5.92 Å². The Kier molecular flexibility index (Phi) is 5.26. The van der Waals surface area contributed by atoms with Crippen LogP contribution in [0.1, 0.15) is 31.8 Å². The van der Waals surface area contributed by atoms with Crippen LogP contribution in [0.4, 0.5) is 22.0 Å². The van der Waals surface area contributed by atoms with Crippen LogP contribution in [0.2, 0.25) is 0 Å². The van der Waals surface area contributed by atoms with Gasteiger partial charge in [0.1, 0.15) is 6.54 Å². The first kappa shape index (κ1) is 20.0. The van der Waals surface area contributed by atoms with Crippen LogP contribution >= 0.6 is 0 Å². The van der Waals surface area contributed by atoms with Gasteiger partial charge in [-0.25, -0.2) is 4.98 Å². The average Bonchev–Trinajstić information content (AvgIpc) is 3.14. The molecule has 2 heterocycles. The van der Waals surface area contributed by atoms with Crippen molar-refractivity contribution in [3.8, 4) is 0 Å². The van der Waals surface area contributed by atoms with Crippen molar-refractivity contribution in [1.82, 2.24) is 14.5 Å². The summed E-state index contributed by atoms with van der Waals surface area (Å²) in [4.78, 5) is 28.6. The van der Waals surface area contributed by atoms with Crippen LogP contribution in [-0.2, 0) is 14.3 Å². The maximum atomic E-state index is 13.5. The fraction of sp³-hybridized carbons (Fsp3) is 0.471. The van der Waals surface area contributed by atoms with Gasteiger partial charge in [-0.1, -0.05) is 12.1 Å². The first-order valence-electron chi connectivity index (χ1n) is 8.37. The lowest BCUT2D eigenvalue weighted by molar-refractivity contribution is -0.158. The second-order valence-corrected chi connectivity index (χ2v) is 6.48. The molecule has 2 aromatic rings. The number of nitrogens with zero attached hydrogens (tertiary/aromatic N) is 3. The van der Waals surface area contributed by atoms with Crippen molar-refractivity contribution < 1.29 is 36.3 Å². The monoisotopic (exact) mass is 405 g/mol. The Labute approximate surface area is 155 Å². The Bertz CT molecular complexity index is 896. The highest BCUT2D eigenvalue weighted by atomic mass is 19.4. The zero-order valence-corrected chi connectivity index (χ0v) is 14.6. The van der Waals surface area contributed by atoms with Gasteiger partial charge in [0.15, 0.2) is 11.9 Å². The molecule has 1 aromatic heterocycles. The van der Waals surface area contributed by atoms with Crippen LogP contribution < -0.4 is 0 Å². The van der Waals surface area contributed by atoms with E-state index in [1.54, 1.807) is 12.1 Å². The van der Waals surface area contributed by atoms with Gasteiger partial charge in [-0.3, -0.25) is 14.2 Å². The summed E-state index contributed by atoms with van der Waals surface area (Å²) in [6, 6.07) is 6.14. The summed E-state index contributed by atoms with van der Waals surface area (Å²) < 4.78 is 70.1. The molecule has 11 heteroatoms. The molecule has 1 aromatic carbocycles. The number of para-hydroxylation sites is 2. The van der Waals surface area contributed by atoms with Crippen LogP contribution in [0, 0.1) is 5.92 Å². The molecule has 0 spiro atoms. The van der Waals surface area contributed by atoms with Gasteiger partial charge in [0, 0.05) is 13.0 Å². The number of alkyl halides is 5. The summed E-state index contributed by atoms with van der Waals surface area (Å²) in [5, 5.41) is 0. The molecule has 2 unspecified atom stereocenters. The number of ether oxygens (including phenoxy) is 1. The van der Waals surface area contributed by atoms with Crippen LogP contribution in [0.3, 0.4) is 0 Å². The van der Waals surface area contributed by atoms with E-state index in [4.69, 9.17) is 4.74 Å². The lowest BCUT2D eigenvalue weighted by Gasteiger charge is -2.19. The van der Waals surface area contributed by atoms with Gasteiger partial charge in [-0.15, -0.1) is 0 Å². The quantitative estimate of drug-likeness (QED) is 0.565. The first-order chi connectivity index (χ1) is 13.1. The second-order valence-electron chi connectivity index (χ2n) is 6.48. The summed E-state index contributed by atoms with van der Waals surface area (Å²) >= 11 is 0. The van der Waals surface area contributed by atoms with E-state index in [0.29, 0.717) is 9.47 Å². The predicted molar refractivity (Wildman–Crippen MR) is 86.2 cm³/mol. The van der Waals surface area contributed by atoms with Gasteiger partial charge in [0.05, 0.1) is 17.0 Å². The van der Waals surface area contributed by atoms with Crippen LogP contribution in [0.25, 0.3) is 11.0 Å². The Morgan fingerprint density at radius 3 is 2.64 bits per heavy atom. The molecule has 0 saturated carbocycles. The minimum atomic E-state index is -4.58. The molecule has 0 bridgehead atoms. The molecule has 152 valence electrons. The maximum absolute atomic E-state index is 13.5. The molecule has 0 N–H and O–H groups in total. The topological polar surface area (TPSA) is 64.4 Å². The van der Waals surface area contributed by atoms with Gasteiger partial charge in [0.25, 0.3) is 0 Å². The number of hydrogen-bond donors (Lipinski definition) is 0. The molecule has 1 amide bonds. The molecule has 0 aliphatic carbocycles. The molecular weight excluding hydrogens is 389 g/mol. The van der Waals surface area contributed by atoms with Crippen LogP contribution in [0.15, 0.2) is 24.3 Å². The molecule has 2 atom stereocenters. The summed E-state index contributed by atoms with van der Waals surface area (Å²) in [5.41, 5.74) is 0.441. The molecule has 1 aliphatic rings. The van der Waals surface area contributed by atoms with Gasteiger partial charge in [-0.2, -0.15) is 22.0 Å². The number of carbonyl (C=O) groups is 2. The molecule has 28 heavy (non-hydrogen) atoms. The number of fused-ring (bicyclic) bond motifs is 1. The van der Waals surface area contributed by atoms with Crippen molar-refractivity contribution in [3.05, 3.63) is 30.1 Å².